The van der Waals surface area contributed by atoms with E-state index in [-0.39, 0.29) is 112 Å². The molecule has 1 aliphatic heterocycles. The van der Waals surface area contributed by atoms with Gasteiger partial charge in [-0.05, 0) is 38.8 Å². The predicted molar refractivity (Wildman–Crippen MR) is 152 cm³/mol. The van der Waals surface area contributed by atoms with E-state index < -0.39 is 101 Å². The molecule has 0 aromatic rings. The Morgan fingerprint density at radius 2 is 1.63 bits per heavy atom. The largest absolute Gasteiger partial charge is 0.459 e. The number of esters is 2. The fourth-order valence-electron chi connectivity index (χ4n) is 7.96. The summed E-state index contributed by atoms with van der Waals surface area (Å²) in [7, 11) is 0. The molecule has 1 saturated heterocycles. The Morgan fingerprint density at radius 1 is 1.04 bits per heavy atom. The van der Waals surface area contributed by atoms with Gasteiger partial charge in [-0.15, -0.1) is 0 Å². The summed E-state index contributed by atoms with van der Waals surface area (Å²) in [5.74, 6) is -4.80. The summed E-state index contributed by atoms with van der Waals surface area (Å²) in [4.78, 5) is 51.9. The Kier molecular flexibility index (Phi) is 13.6. The number of Topliss-reactive ketones (excluding diaryl/α,β-unsaturated/α-hetero) is 1. The normalized spacial score (nSPS) is 38.8. The molecule has 1 heterocycles. The molecule has 3 fully saturated rings. The molecule has 4 aliphatic rings. The third-order valence-corrected chi connectivity index (χ3v) is 10.4. The summed E-state index contributed by atoms with van der Waals surface area (Å²) in [6.45, 7) is 11.5. The van der Waals surface area contributed by atoms with Gasteiger partial charge in [-0.1, -0.05) is 25.5 Å². The molecule has 13 nitrogen and oxygen atoms in total. The molecule has 2 radical (unpaired) electrons. The van der Waals surface area contributed by atoms with Crippen molar-refractivity contribution in [2.75, 3.05) is 6.61 Å². The third-order valence-electron chi connectivity index (χ3n) is 10.4. The molecule has 4 rings (SSSR count). The quantitative estimate of drug-likeness (QED) is 0.149. The van der Waals surface area contributed by atoms with Crippen molar-refractivity contribution < 1.29 is 147 Å². The van der Waals surface area contributed by atoms with Gasteiger partial charge in [0.15, 0.2) is 11.9 Å². The van der Waals surface area contributed by atoms with Gasteiger partial charge in [0.1, 0.15) is 29.5 Å². The van der Waals surface area contributed by atoms with Gasteiger partial charge >= 0.3 is 11.9 Å². The van der Waals surface area contributed by atoms with Crippen LogP contribution in [0.1, 0.15) is 68.2 Å². The number of ketones is 1. The van der Waals surface area contributed by atoms with Crippen molar-refractivity contribution in [1.82, 2.24) is 5.32 Å². The molecule has 0 unspecified atom stereocenters. The van der Waals surface area contributed by atoms with Crippen LogP contribution in [-0.2, 0) is 33.4 Å². The van der Waals surface area contributed by atoms with Crippen LogP contribution in [0.25, 0.3) is 0 Å². The first-order valence-corrected chi connectivity index (χ1v) is 14.8. The Morgan fingerprint density at radius 3 is 2.11 bits per heavy atom. The van der Waals surface area contributed by atoms with Gasteiger partial charge in [-0.3, -0.25) is 14.4 Å². The molecule has 1 amide bonds. The molecule has 0 aromatic carbocycles. The minimum Gasteiger partial charge on any atom is -0.459 e. The van der Waals surface area contributed by atoms with Crippen molar-refractivity contribution in [3.8, 4) is 0 Å². The summed E-state index contributed by atoms with van der Waals surface area (Å²) in [6, 6.07) is -1.14. The smallest absolute Gasteiger partial charge is 0.338 e. The van der Waals surface area contributed by atoms with Crippen LogP contribution in [0.4, 0.5) is 0 Å². The molecule has 46 heavy (non-hydrogen) atoms. The van der Waals surface area contributed by atoms with E-state index in [2.05, 4.69) is 5.32 Å². The third kappa shape index (κ3) is 6.79. The average Bonchev–Trinajstić information content (AvgIpc) is 2.89. The Bertz CT molecular complexity index is 1310. The standard InChI is InChI=1S/C31H45NO12.2Ac/c1-13(2)9-17(32-15(4)33)22(36)27(39)44-18-11-31(41)26(43-16(5)34)24-29(8,19(35)10-20-30(24,40)12-42-20)25(38)23(37)21(14(18)3)28(31,6)7;;/h9,17-20,22-24,26,35-37,40-41H,10-12H2,1-8H3,(H,32,33);;/t17-,18-,19-,20+,22+,23+,24-,26-,29+,30-,31+;;/m0../s1. The number of fused-ring (bicyclic) bond motifs is 5. The van der Waals surface area contributed by atoms with Crippen molar-refractivity contribution in [3.05, 3.63) is 22.8 Å². The molecule has 252 valence electrons. The van der Waals surface area contributed by atoms with Gasteiger partial charge in [0.2, 0.25) is 5.91 Å². The second kappa shape index (κ2) is 14.8. The van der Waals surface area contributed by atoms with E-state index in [9.17, 15) is 44.7 Å². The predicted octanol–water partition coefficient (Wildman–Crippen LogP) is -0.400. The number of allylic oxidation sites excluding steroid dienone is 1. The maximum Gasteiger partial charge on any atom is 0.338 e. The molecular weight excluding hydrogens is 1030 g/mol. The zero-order chi connectivity index (χ0) is 33.3. The summed E-state index contributed by atoms with van der Waals surface area (Å²) < 4.78 is 17.0. The van der Waals surface area contributed by atoms with E-state index in [4.69, 9.17) is 14.2 Å². The summed E-state index contributed by atoms with van der Waals surface area (Å²) in [5, 5.41) is 61.0. The molecular formula is C31H45Ac2NO12. The molecule has 11 atom stereocenters. The van der Waals surface area contributed by atoms with E-state index in [1.54, 1.807) is 27.7 Å². The molecule has 15 heteroatoms. The molecule has 6 N–H and O–H groups in total. The second-order valence-electron chi connectivity index (χ2n) is 13.8. The van der Waals surface area contributed by atoms with Gasteiger partial charge < -0.3 is 45.1 Å². The average molecular weight is 1080 g/mol. The van der Waals surface area contributed by atoms with Crippen molar-refractivity contribution in [2.45, 2.75) is 122 Å². The Hall–Kier alpha value is 0.203. The minimum atomic E-state index is -2.19. The number of rotatable bonds is 6. The van der Waals surface area contributed by atoms with Crippen molar-refractivity contribution in [3.63, 3.8) is 0 Å². The fourth-order valence-corrected chi connectivity index (χ4v) is 7.96. The van der Waals surface area contributed by atoms with Crippen molar-refractivity contribution in [1.29, 1.82) is 0 Å². The SMILES string of the molecule is CC(=O)N[C@@H](C=C(C)C)[C@@H](O)C(=O)O[C@H]1C[C@@]2(O)[C@@H](OC(C)=O)[C@@H]3[C@]4(O)CO[C@@H]4C[C@H](O)[C@@]3(C)C(=O)[C@H](O)C(=C1C)C2(C)C.[Ac].[Ac]. The molecule has 0 spiro atoms. The van der Waals surface area contributed by atoms with E-state index in [1.165, 1.54) is 26.8 Å². The van der Waals surface area contributed by atoms with Crippen LogP contribution < -0.4 is 5.32 Å². The van der Waals surface area contributed by atoms with Crippen molar-refractivity contribution >= 4 is 23.6 Å². The summed E-state index contributed by atoms with van der Waals surface area (Å²) in [6.07, 6.45) is -8.20. The number of nitrogens with one attached hydrogen (secondary N) is 1. The number of hydrogen-bond donors (Lipinski definition) is 6. The molecule has 0 aromatic heterocycles. The molecule has 2 bridgehead atoms. The van der Waals surface area contributed by atoms with Crippen LogP contribution in [-0.4, -0.2) is 110 Å². The zero-order valence-corrected chi connectivity index (χ0v) is 37.1. The first-order valence-electron chi connectivity index (χ1n) is 14.8. The number of aliphatic hydroxyl groups is 5. The molecule has 3 aliphatic carbocycles. The van der Waals surface area contributed by atoms with Gasteiger partial charge in [-0.25, -0.2) is 4.79 Å². The number of carbonyl (C=O) groups is 4. The first-order chi connectivity index (χ1) is 20.1. The van der Waals surface area contributed by atoms with Gasteiger partial charge in [0.25, 0.3) is 0 Å². The van der Waals surface area contributed by atoms with Gasteiger partial charge in [-0.2, -0.15) is 0 Å². The Balaban J connectivity index is 0.00000368. The zero-order valence-electron chi connectivity index (χ0n) is 27.6. The maximum absolute atomic E-state index is 14.3. The van der Waals surface area contributed by atoms with Crippen LogP contribution in [0.15, 0.2) is 22.8 Å². The molecule has 2 saturated carbocycles. The maximum atomic E-state index is 14.3. The number of ether oxygens (including phenoxy) is 3. The minimum absolute atomic E-state index is 0. The van der Waals surface area contributed by atoms with Crippen LogP contribution in [0, 0.1) is 105 Å². The van der Waals surface area contributed by atoms with Crippen LogP contribution in [0.3, 0.4) is 0 Å². The van der Waals surface area contributed by atoms with Crippen LogP contribution in [0.2, 0.25) is 0 Å². The van der Waals surface area contributed by atoms with E-state index in [0.717, 1.165) is 6.92 Å². The van der Waals surface area contributed by atoms with Gasteiger partial charge in [0.05, 0.1) is 30.3 Å². The number of aliphatic hydroxyl groups excluding tert-OH is 3. The number of carbonyl (C=O) groups excluding carboxylic acids is 4. The van der Waals surface area contributed by atoms with E-state index >= 15 is 0 Å². The van der Waals surface area contributed by atoms with E-state index in [1.807, 2.05) is 0 Å². The van der Waals surface area contributed by atoms with Crippen molar-refractivity contribution in [2.24, 2.45) is 16.7 Å². The monoisotopic (exact) mass is 1080 g/mol. The second-order valence-corrected chi connectivity index (χ2v) is 13.8. The summed E-state index contributed by atoms with van der Waals surface area (Å²) >= 11 is 0. The van der Waals surface area contributed by atoms with E-state index in [0.29, 0.717) is 5.57 Å². The van der Waals surface area contributed by atoms with Gasteiger partial charge in [0, 0.05) is 126 Å². The number of hydrogen-bond acceptors (Lipinski definition) is 12. The number of amides is 1. The van der Waals surface area contributed by atoms with Crippen LogP contribution >= 0.6 is 0 Å². The Labute approximate surface area is 340 Å². The topological polar surface area (TPSA) is 209 Å². The first kappa shape index (κ1) is 42.4. The summed E-state index contributed by atoms with van der Waals surface area (Å²) in [5.41, 5.74) is -6.49. The van der Waals surface area contributed by atoms with Crippen LogP contribution in [0.5, 0.6) is 0 Å². The fraction of sp³-hybridized carbons (Fsp3) is 0.742.